The smallest absolute Gasteiger partial charge is 0.189 e. The van der Waals surface area contributed by atoms with Crippen LogP contribution >= 0.6 is 11.6 Å². The molecule has 0 saturated carbocycles. The van der Waals surface area contributed by atoms with Crippen molar-refractivity contribution in [2.75, 3.05) is 0 Å². The zero-order valence-corrected chi connectivity index (χ0v) is 9.49. The quantitative estimate of drug-likeness (QED) is 0.801. The van der Waals surface area contributed by atoms with E-state index in [0.717, 1.165) is 5.52 Å². The van der Waals surface area contributed by atoms with Gasteiger partial charge < -0.3 is 4.57 Å². The summed E-state index contributed by atoms with van der Waals surface area (Å²) < 4.78 is 1.75. The Morgan fingerprint density at radius 2 is 2.12 bits per heavy atom. The Kier molecular flexibility index (Phi) is 2.79. The van der Waals surface area contributed by atoms with E-state index in [9.17, 15) is 9.59 Å². The third-order valence-corrected chi connectivity index (χ3v) is 2.57. The lowest BCUT2D eigenvalue weighted by Crippen LogP contribution is -2.11. The van der Waals surface area contributed by atoms with Crippen molar-refractivity contribution in [2.24, 2.45) is 0 Å². The lowest BCUT2D eigenvalue weighted by atomic mass is 10.2. The highest BCUT2D eigenvalue weighted by Gasteiger charge is 2.04. The van der Waals surface area contributed by atoms with Gasteiger partial charge in [-0.2, -0.15) is 0 Å². The minimum Gasteiger partial charge on any atom is -0.340 e. The Hall–Kier alpha value is -1.61. The SMILES string of the molecule is CC(=O)Cn1ccc(=O)c2cc(Cl)ccc21. The molecule has 1 aromatic heterocycles. The van der Waals surface area contributed by atoms with E-state index in [1.807, 2.05) is 0 Å². The molecule has 2 rings (SSSR count). The van der Waals surface area contributed by atoms with Crippen molar-refractivity contribution in [3.8, 4) is 0 Å². The number of carbonyl (C=O) groups excluding carboxylic acids is 1. The van der Waals surface area contributed by atoms with E-state index in [0.29, 0.717) is 10.4 Å². The minimum atomic E-state index is -0.0858. The van der Waals surface area contributed by atoms with E-state index in [1.165, 1.54) is 13.0 Å². The highest BCUT2D eigenvalue weighted by molar-refractivity contribution is 6.31. The number of rotatable bonds is 2. The largest absolute Gasteiger partial charge is 0.340 e. The van der Waals surface area contributed by atoms with Crippen LogP contribution < -0.4 is 5.43 Å². The highest BCUT2D eigenvalue weighted by atomic mass is 35.5. The van der Waals surface area contributed by atoms with Gasteiger partial charge in [-0.1, -0.05) is 11.6 Å². The Labute approximate surface area is 97.3 Å². The van der Waals surface area contributed by atoms with E-state index < -0.39 is 0 Å². The Bertz CT molecular complexity index is 616. The minimum absolute atomic E-state index is 0.0416. The van der Waals surface area contributed by atoms with Gasteiger partial charge in [0.15, 0.2) is 5.43 Å². The second-order valence-electron chi connectivity index (χ2n) is 3.67. The number of aromatic nitrogens is 1. The van der Waals surface area contributed by atoms with Gasteiger partial charge in [-0.25, -0.2) is 0 Å². The molecule has 0 bridgehead atoms. The maximum atomic E-state index is 11.6. The molecule has 4 heteroatoms. The molecule has 0 N–H and O–H groups in total. The lowest BCUT2D eigenvalue weighted by Gasteiger charge is -2.08. The number of carbonyl (C=O) groups is 1. The monoisotopic (exact) mass is 235 g/mol. The summed E-state index contributed by atoms with van der Waals surface area (Å²) in [6.07, 6.45) is 1.62. The number of benzene rings is 1. The van der Waals surface area contributed by atoms with Crippen molar-refractivity contribution in [3.63, 3.8) is 0 Å². The van der Waals surface area contributed by atoms with Crippen LogP contribution in [-0.4, -0.2) is 10.4 Å². The Balaban J connectivity index is 2.74. The molecular weight excluding hydrogens is 226 g/mol. The molecule has 3 nitrogen and oxygen atoms in total. The lowest BCUT2D eigenvalue weighted by molar-refractivity contribution is -0.117. The van der Waals surface area contributed by atoms with Crippen molar-refractivity contribution in [1.82, 2.24) is 4.57 Å². The first kappa shape index (κ1) is 10.9. The summed E-state index contributed by atoms with van der Waals surface area (Å²) in [6, 6.07) is 6.53. The van der Waals surface area contributed by atoms with E-state index in [2.05, 4.69) is 0 Å². The van der Waals surface area contributed by atoms with Crippen LogP contribution in [0.4, 0.5) is 0 Å². The van der Waals surface area contributed by atoms with Gasteiger partial charge in [0, 0.05) is 22.7 Å². The summed E-state index contributed by atoms with van der Waals surface area (Å²) in [7, 11) is 0. The maximum absolute atomic E-state index is 11.6. The van der Waals surface area contributed by atoms with Gasteiger partial charge in [-0.3, -0.25) is 9.59 Å². The average molecular weight is 236 g/mol. The van der Waals surface area contributed by atoms with Crippen molar-refractivity contribution < 1.29 is 4.79 Å². The van der Waals surface area contributed by atoms with Gasteiger partial charge in [0.1, 0.15) is 5.78 Å². The van der Waals surface area contributed by atoms with Crippen molar-refractivity contribution >= 4 is 28.3 Å². The molecule has 0 spiro atoms. The number of fused-ring (bicyclic) bond motifs is 1. The molecule has 1 aromatic carbocycles. The second kappa shape index (κ2) is 4.10. The zero-order valence-electron chi connectivity index (χ0n) is 8.74. The number of pyridine rings is 1. The number of Topliss-reactive ketones (excluding diaryl/α,β-unsaturated/α-hetero) is 1. The Morgan fingerprint density at radius 1 is 1.38 bits per heavy atom. The molecular formula is C12H10ClNO2. The fourth-order valence-corrected chi connectivity index (χ4v) is 1.83. The van der Waals surface area contributed by atoms with E-state index in [1.54, 1.807) is 29.0 Å². The van der Waals surface area contributed by atoms with Crippen LogP contribution in [0.2, 0.25) is 5.02 Å². The fraction of sp³-hybridized carbons (Fsp3) is 0.167. The highest BCUT2D eigenvalue weighted by Crippen LogP contribution is 2.16. The van der Waals surface area contributed by atoms with Crippen LogP contribution in [0.5, 0.6) is 0 Å². The summed E-state index contributed by atoms with van der Waals surface area (Å²) >= 11 is 5.83. The number of halogens is 1. The molecule has 0 aliphatic heterocycles. The normalized spacial score (nSPS) is 10.6. The van der Waals surface area contributed by atoms with E-state index in [-0.39, 0.29) is 17.8 Å². The second-order valence-corrected chi connectivity index (χ2v) is 4.11. The van der Waals surface area contributed by atoms with Crippen LogP contribution in [0.3, 0.4) is 0 Å². The third kappa shape index (κ3) is 1.99. The summed E-state index contributed by atoms with van der Waals surface area (Å²) in [5.74, 6) is 0.0416. The van der Waals surface area contributed by atoms with E-state index in [4.69, 9.17) is 11.6 Å². The summed E-state index contributed by atoms with van der Waals surface area (Å²) in [4.78, 5) is 22.7. The number of hydrogen-bond donors (Lipinski definition) is 0. The molecule has 1 heterocycles. The first-order chi connectivity index (χ1) is 7.58. The standard InChI is InChI=1S/C12H10ClNO2/c1-8(15)7-14-5-4-12(16)10-6-9(13)2-3-11(10)14/h2-6H,7H2,1H3. The molecule has 0 atom stereocenters. The average Bonchev–Trinajstić information content (AvgIpc) is 2.22. The predicted octanol–water partition coefficient (Wildman–Crippen LogP) is 2.24. The molecule has 16 heavy (non-hydrogen) atoms. The molecule has 0 aliphatic carbocycles. The summed E-state index contributed by atoms with van der Waals surface area (Å²) in [5, 5.41) is 1.06. The molecule has 0 aliphatic rings. The van der Waals surface area contributed by atoms with Crippen molar-refractivity contribution in [3.05, 3.63) is 45.7 Å². The van der Waals surface area contributed by atoms with Gasteiger partial charge in [-0.05, 0) is 25.1 Å². The van der Waals surface area contributed by atoms with Crippen LogP contribution in [0.25, 0.3) is 10.9 Å². The number of hydrogen-bond acceptors (Lipinski definition) is 2. The topological polar surface area (TPSA) is 39.1 Å². The van der Waals surface area contributed by atoms with Crippen LogP contribution in [-0.2, 0) is 11.3 Å². The van der Waals surface area contributed by atoms with Crippen LogP contribution in [0, 0.1) is 0 Å². The third-order valence-electron chi connectivity index (χ3n) is 2.33. The zero-order chi connectivity index (χ0) is 11.7. The number of nitrogens with zero attached hydrogens (tertiary/aromatic N) is 1. The molecule has 82 valence electrons. The van der Waals surface area contributed by atoms with E-state index >= 15 is 0 Å². The van der Waals surface area contributed by atoms with Gasteiger partial charge >= 0.3 is 0 Å². The predicted molar refractivity (Wildman–Crippen MR) is 63.9 cm³/mol. The van der Waals surface area contributed by atoms with Gasteiger partial charge in [0.25, 0.3) is 0 Å². The summed E-state index contributed by atoms with van der Waals surface area (Å²) in [6.45, 7) is 1.78. The molecule has 0 fully saturated rings. The fourth-order valence-electron chi connectivity index (χ4n) is 1.66. The molecule has 0 amide bonds. The van der Waals surface area contributed by atoms with Crippen LogP contribution in [0.15, 0.2) is 35.3 Å². The van der Waals surface area contributed by atoms with Crippen LogP contribution in [0.1, 0.15) is 6.92 Å². The molecule has 2 aromatic rings. The van der Waals surface area contributed by atoms with Gasteiger partial charge in [-0.15, -0.1) is 0 Å². The van der Waals surface area contributed by atoms with Gasteiger partial charge in [0.05, 0.1) is 12.1 Å². The Morgan fingerprint density at radius 3 is 2.81 bits per heavy atom. The molecule has 0 radical (unpaired) electrons. The molecule has 0 saturated heterocycles. The summed E-state index contributed by atoms with van der Waals surface area (Å²) in [5.41, 5.74) is 0.643. The van der Waals surface area contributed by atoms with Crippen molar-refractivity contribution in [2.45, 2.75) is 13.5 Å². The first-order valence-electron chi connectivity index (χ1n) is 4.86. The maximum Gasteiger partial charge on any atom is 0.189 e. The van der Waals surface area contributed by atoms with Gasteiger partial charge in [0.2, 0.25) is 0 Å². The molecule has 0 unspecified atom stereocenters. The number of ketones is 1. The van der Waals surface area contributed by atoms with Crippen molar-refractivity contribution in [1.29, 1.82) is 0 Å². The first-order valence-corrected chi connectivity index (χ1v) is 5.24.